The second-order valence-electron chi connectivity index (χ2n) is 8.61. The van der Waals surface area contributed by atoms with E-state index in [1.165, 1.54) is 25.3 Å². The largest absolute Gasteiger partial charge is 0.488 e. The maximum absolute atomic E-state index is 12.6. The van der Waals surface area contributed by atoms with Crippen LogP contribution < -0.4 is 21.2 Å². The van der Waals surface area contributed by atoms with Crippen molar-refractivity contribution in [3.05, 3.63) is 66.9 Å². The fraction of sp³-hybridized carbons (Fsp3) is 0.292. The summed E-state index contributed by atoms with van der Waals surface area (Å²) in [6.07, 6.45) is 7.24. The van der Waals surface area contributed by atoms with Crippen LogP contribution in [0.2, 0.25) is 0 Å². The lowest BCUT2D eigenvalue weighted by Crippen LogP contribution is -2.49. The highest BCUT2D eigenvalue weighted by Crippen LogP contribution is 2.35. The number of nitrogen functional groups attached to an aromatic ring is 1. The molecule has 0 amide bonds. The Balaban J connectivity index is 0.000000231. The van der Waals surface area contributed by atoms with Crippen molar-refractivity contribution < 1.29 is 18.5 Å². The number of aromatic nitrogens is 1. The van der Waals surface area contributed by atoms with E-state index in [0.29, 0.717) is 27.7 Å². The van der Waals surface area contributed by atoms with Gasteiger partial charge in [0.15, 0.2) is 0 Å². The average Bonchev–Trinajstić information content (AvgIpc) is 2.85. The fourth-order valence-electron chi connectivity index (χ4n) is 4.40. The highest BCUT2D eigenvalue weighted by atomic mass is 32.2. The lowest BCUT2D eigenvalue weighted by molar-refractivity contribution is 0.306. The number of hydrogen-bond donors (Lipinski definition) is 5. The first-order valence-electron chi connectivity index (χ1n) is 11.4. The molecule has 1 fully saturated rings. The second-order valence-corrected chi connectivity index (χ2v) is 10.3. The number of nitrogens with one attached hydrogen (secondary N) is 2. The third-order valence-corrected chi connectivity index (χ3v) is 7.65. The van der Waals surface area contributed by atoms with Gasteiger partial charge in [0.25, 0.3) is 0 Å². The van der Waals surface area contributed by atoms with Gasteiger partial charge in [-0.1, -0.05) is 43.5 Å². The summed E-state index contributed by atoms with van der Waals surface area (Å²) in [4.78, 5) is 4.66. The van der Waals surface area contributed by atoms with Crippen molar-refractivity contribution in [3.8, 4) is 11.3 Å². The molecular weight excluding hydrogens is 451 g/mol. The predicted molar refractivity (Wildman–Crippen MR) is 135 cm³/mol. The van der Waals surface area contributed by atoms with Crippen LogP contribution in [0.1, 0.15) is 32.1 Å². The SMILES string of the molecule is Nc1cccc(B(O)O)c1.O=S1(=O)NC(C2CCCCC2)Nc2cc(-c3ccccn3)ccc21. The quantitative estimate of drug-likeness (QED) is 0.287. The van der Waals surface area contributed by atoms with Gasteiger partial charge in [-0.05, 0) is 60.6 Å². The normalized spacial score (nSPS) is 19.2. The average molecular weight is 480 g/mol. The van der Waals surface area contributed by atoms with Gasteiger partial charge >= 0.3 is 7.12 Å². The van der Waals surface area contributed by atoms with E-state index in [2.05, 4.69) is 15.0 Å². The van der Waals surface area contributed by atoms with Crippen molar-refractivity contribution in [2.24, 2.45) is 5.92 Å². The first kappa shape index (κ1) is 24.2. The Morgan fingerprint density at radius 3 is 2.41 bits per heavy atom. The minimum atomic E-state index is -3.47. The number of nitrogens with zero attached hydrogens (tertiary/aromatic N) is 1. The van der Waals surface area contributed by atoms with Crippen LogP contribution in [-0.4, -0.2) is 36.7 Å². The zero-order valence-corrected chi connectivity index (χ0v) is 19.6. The van der Waals surface area contributed by atoms with E-state index in [-0.39, 0.29) is 6.17 Å². The molecule has 10 heteroatoms. The lowest BCUT2D eigenvalue weighted by atomic mass is 9.80. The van der Waals surface area contributed by atoms with E-state index < -0.39 is 17.1 Å². The molecule has 1 aromatic heterocycles. The highest BCUT2D eigenvalue weighted by molar-refractivity contribution is 7.89. The molecule has 1 saturated carbocycles. The second kappa shape index (κ2) is 10.6. The number of hydrogen-bond acceptors (Lipinski definition) is 7. The zero-order valence-electron chi connectivity index (χ0n) is 18.8. The van der Waals surface area contributed by atoms with Crippen molar-refractivity contribution in [1.82, 2.24) is 9.71 Å². The Morgan fingerprint density at radius 1 is 0.971 bits per heavy atom. The van der Waals surface area contributed by atoms with Crippen LogP contribution in [0, 0.1) is 5.92 Å². The van der Waals surface area contributed by atoms with E-state index in [4.69, 9.17) is 15.8 Å². The molecule has 1 atom stereocenters. The number of benzene rings is 2. The number of anilines is 2. The molecule has 0 spiro atoms. The molecular formula is C24H29BN4O4S. The Bertz CT molecular complexity index is 1220. The van der Waals surface area contributed by atoms with Crippen molar-refractivity contribution in [2.75, 3.05) is 11.1 Å². The highest BCUT2D eigenvalue weighted by Gasteiger charge is 2.34. The number of nitrogens with two attached hydrogens (primary N) is 1. The molecule has 3 aromatic rings. The van der Waals surface area contributed by atoms with Crippen molar-refractivity contribution in [1.29, 1.82) is 0 Å². The standard InChI is InChI=1S/C18H21N3O2S.C6H8BNO2/c22-24(23)17-10-9-14(15-8-4-5-11-19-15)12-16(17)20-18(21-24)13-6-2-1-3-7-13;8-6-3-1-2-5(4-6)7(9)10/h4-5,8-13,18,20-21H,1-3,6-7H2;1-4,9-10H,8H2. The van der Waals surface area contributed by atoms with Gasteiger partial charge in [0.1, 0.15) is 4.90 Å². The zero-order chi connectivity index (χ0) is 24.1. The van der Waals surface area contributed by atoms with Gasteiger partial charge in [0.05, 0.1) is 17.5 Å². The summed E-state index contributed by atoms with van der Waals surface area (Å²) < 4.78 is 28.0. The van der Waals surface area contributed by atoms with Crippen LogP contribution in [0.5, 0.6) is 0 Å². The molecule has 2 aliphatic rings. The minimum Gasteiger partial charge on any atom is -0.423 e. The van der Waals surface area contributed by atoms with Gasteiger partial charge < -0.3 is 21.1 Å². The Kier molecular flexibility index (Phi) is 7.52. The molecule has 5 rings (SSSR count). The third kappa shape index (κ3) is 5.76. The summed E-state index contributed by atoms with van der Waals surface area (Å²) in [7, 11) is -4.90. The predicted octanol–water partition coefficient (Wildman–Crippen LogP) is 2.31. The van der Waals surface area contributed by atoms with Gasteiger partial charge in [-0.25, -0.2) is 8.42 Å². The molecule has 0 radical (unpaired) electrons. The summed E-state index contributed by atoms with van der Waals surface area (Å²) in [5, 5.41) is 20.7. The van der Waals surface area contributed by atoms with Crippen molar-refractivity contribution in [2.45, 2.75) is 43.2 Å². The van der Waals surface area contributed by atoms with Crippen LogP contribution in [0.25, 0.3) is 11.3 Å². The molecule has 34 heavy (non-hydrogen) atoms. The van der Waals surface area contributed by atoms with Gasteiger partial charge in [0, 0.05) is 17.4 Å². The van der Waals surface area contributed by atoms with E-state index in [1.807, 2.05) is 30.3 Å². The van der Waals surface area contributed by atoms with Crippen LogP contribution >= 0.6 is 0 Å². The van der Waals surface area contributed by atoms with Gasteiger partial charge in [-0.15, -0.1) is 0 Å². The Hall–Kier alpha value is -2.92. The molecule has 1 aliphatic carbocycles. The maximum atomic E-state index is 12.6. The van der Waals surface area contributed by atoms with Crippen molar-refractivity contribution in [3.63, 3.8) is 0 Å². The molecule has 6 N–H and O–H groups in total. The lowest BCUT2D eigenvalue weighted by Gasteiger charge is -2.35. The molecule has 178 valence electrons. The smallest absolute Gasteiger partial charge is 0.423 e. The molecule has 1 unspecified atom stereocenters. The first-order chi connectivity index (χ1) is 16.3. The molecule has 8 nitrogen and oxygen atoms in total. The maximum Gasteiger partial charge on any atom is 0.488 e. The first-order valence-corrected chi connectivity index (χ1v) is 12.9. The van der Waals surface area contributed by atoms with Crippen LogP contribution in [0.3, 0.4) is 0 Å². The van der Waals surface area contributed by atoms with Crippen LogP contribution in [-0.2, 0) is 10.0 Å². The third-order valence-electron chi connectivity index (χ3n) is 6.15. The topological polar surface area (TPSA) is 138 Å². The van der Waals surface area contributed by atoms with E-state index in [1.54, 1.807) is 30.5 Å². The Morgan fingerprint density at radius 2 is 1.76 bits per heavy atom. The molecule has 2 aromatic carbocycles. The number of rotatable bonds is 3. The number of sulfonamides is 1. The molecule has 0 bridgehead atoms. The van der Waals surface area contributed by atoms with Gasteiger partial charge in [-0.2, -0.15) is 4.72 Å². The van der Waals surface area contributed by atoms with Gasteiger partial charge in [-0.3, -0.25) is 4.98 Å². The summed E-state index contributed by atoms with van der Waals surface area (Å²) in [5.74, 6) is 0.347. The van der Waals surface area contributed by atoms with Gasteiger partial charge in [0.2, 0.25) is 10.0 Å². The van der Waals surface area contributed by atoms with Crippen LogP contribution in [0.4, 0.5) is 11.4 Å². The Labute approximate surface area is 200 Å². The number of fused-ring (bicyclic) bond motifs is 1. The minimum absolute atomic E-state index is 0.221. The molecule has 0 saturated heterocycles. The van der Waals surface area contributed by atoms with E-state index in [0.717, 1.165) is 24.1 Å². The fourth-order valence-corrected chi connectivity index (χ4v) is 5.77. The summed E-state index contributed by atoms with van der Waals surface area (Å²) in [6, 6.07) is 17.6. The summed E-state index contributed by atoms with van der Waals surface area (Å²) >= 11 is 0. The van der Waals surface area contributed by atoms with Crippen LogP contribution in [0.15, 0.2) is 71.8 Å². The molecule has 1 aliphatic heterocycles. The van der Waals surface area contributed by atoms with Crippen molar-refractivity contribution >= 4 is 34.0 Å². The summed E-state index contributed by atoms with van der Waals surface area (Å²) in [6.45, 7) is 0. The van der Waals surface area contributed by atoms with E-state index in [9.17, 15) is 8.42 Å². The molecule has 2 heterocycles. The summed E-state index contributed by atoms with van der Waals surface area (Å²) in [5.41, 5.74) is 8.76. The van der Waals surface area contributed by atoms with E-state index >= 15 is 0 Å². The number of pyridine rings is 1. The monoisotopic (exact) mass is 480 g/mol.